The van der Waals surface area contributed by atoms with Gasteiger partial charge in [0.2, 0.25) is 5.95 Å². The molecule has 0 atom stereocenters. The number of hydrogen-bond acceptors (Lipinski definition) is 2. The summed E-state index contributed by atoms with van der Waals surface area (Å²) in [5.74, 6) is -1.47. The van der Waals surface area contributed by atoms with Gasteiger partial charge in [-0.15, -0.1) is 0 Å². The van der Waals surface area contributed by atoms with E-state index in [1.54, 1.807) is 0 Å². The first-order valence-electron chi connectivity index (χ1n) is 3.42. The van der Waals surface area contributed by atoms with Crippen molar-refractivity contribution >= 4 is 5.82 Å². The minimum Gasteiger partial charge on any atom is -0.384 e. The topological polar surface area (TPSA) is 38.9 Å². The predicted octanol–water partition coefficient (Wildman–Crippen LogP) is 0.803. The van der Waals surface area contributed by atoms with Crippen molar-refractivity contribution in [2.75, 3.05) is 5.73 Å². The fourth-order valence-electron chi connectivity index (χ4n) is 0.309. The number of rotatable bonds is 0. The molecule has 0 aromatic carbocycles. The highest BCUT2D eigenvalue weighted by Crippen LogP contribution is 1.96. The zero-order valence-electron chi connectivity index (χ0n) is 6.90. The zero-order valence-corrected chi connectivity index (χ0v) is 3.90. The number of nitrogens with zero attached hydrogens (tertiary/aromatic N) is 1. The number of aromatic nitrogens is 1. The van der Waals surface area contributed by atoms with E-state index in [1.165, 1.54) is 0 Å². The summed E-state index contributed by atoms with van der Waals surface area (Å²) in [5, 5.41) is 0. The minimum atomic E-state index is -1.11. The molecule has 1 heterocycles. The first kappa shape index (κ1) is 2.44. The summed E-state index contributed by atoms with van der Waals surface area (Å²) in [6, 6.07) is -1.63. The summed E-state index contributed by atoms with van der Waals surface area (Å²) in [7, 11) is 0. The molecule has 3 heteroatoms. The molecule has 2 nitrogen and oxygen atoms in total. The Kier molecular flexibility index (Phi) is 0.541. The van der Waals surface area contributed by atoms with Crippen molar-refractivity contribution in [1.82, 2.24) is 4.98 Å². The molecule has 0 aliphatic heterocycles. The number of anilines is 1. The molecule has 0 amide bonds. The van der Waals surface area contributed by atoms with Crippen molar-refractivity contribution in [3.63, 3.8) is 0 Å². The third kappa shape index (κ3) is 0.932. The highest BCUT2D eigenvalue weighted by Gasteiger charge is 1.86. The van der Waals surface area contributed by atoms with Crippen molar-refractivity contribution in [2.24, 2.45) is 0 Å². The maximum Gasteiger partial charge on any atom is 0.214 e. The fourth-order valence-corrected chi connectivity index (χ4v) is 0.309. The van der Waals surface area contributed by atoms with Gasteiger partial charge in [0.1, 0.15) is 5.82 Å². The molecule has 2 N–H and O–H groups in total. The first-order chi connectivity index (χ1) is 5.04. The van der Waals surface area contributed by atoms with Crippen LogP contribution in [0.25, 0.3) is 0 Å². The Morgan fingerprint density at radius 2 is 2.50 bits per heavy atom. The van der Waals surface area contributed by atoms with Gasteiger partial charge in [0.15, 0.2) is 0 Å². The summed E-state index contributed by atoms with van der Waals surface area (Å²) in [5.41, 5.74) is 5.05. The van der Waals surface area contributed by atoms with E-state index in [0.717, 1.165) is 0 Å². The van der Waals surface area contributed by atoms with Gasteiger partial charge in [0.05, 0.1) is 4.11 Å². The molecule has 1 aromatic heterocycles. The zero-order chi connectivity index (χ0) is 8.59. The van der Waals surface area contributed by atoms with Crippen molar-refractivity contribution in [3.8, 4) is 0 Å². The van der Waals surface area contributed by atoms with Crippen LogP contribution >= 0.6 is 0 Å². The lowest BCUT2D eigenvalue weighted by molar-refractivity contribution is 0.586. The van der Waals surface area contributed by atoms with Gasteiger partial charge in [-0.05, 0) is 12.1 Å². The van der Waals surface area contributed by atoms with Crippen LogP contribution in [0.5, 0.6) is 0 Å². The van der Waals surface area contributed by atoms with Crippen molar-refractivity contribution in [2.45, 2.75) is 0 Å². The molecule has 0 unspecified atom stereocenters. The molecule has 0 aliphatic carbocycles. The molecule has 0 saturated heterocycles. The number of nitrogen functional groups attached to an aromatic ring is 1. The summed E-state index contributed by atoms with van der Waals surface area (Å²) in [6.45, 7) is 0. The van der Waals surface area contributed by atoms with Crippen LogP contribution < -0.4 is 5.73 Å². The molecular formula is C5H5FN2. The van der Waals surface area contributed by atoms with E-state index in [1.807, 2.05) is 0 Å². The molecule has 0 spiro atoms. The lowest BCUT2D eigenvalue weighted by Crippen LogP contribution is -1.90. The molecule has 0 bridgehead atoms. The molecule has 0 saturated carbocycles. The lowest BCUT2D eigenvalue weighted by atomic mass is 10.5. The third-order valence-electron chi connectivity index (χ3n) is 0.575. The van der Waals surface area contributed by atoms with E-state index in [0.29, 0.717) is 0 Å². The molecule has 42 valence electrons. The maximum absolute atomic E-state index is 12.4. The van der Waals surface area contributed by atoms with Crippen molar-refractivity contribution in [3.05, 3.63) is 24.1 Å². The van der Waals surface area contributed by atoms with Crippen LogP contribution in [0.3, 0.4) is 0 Å². The average Bonchev–Trinajstić information content (AvgIpc) is 1.97. The van der Waals surface area contributed by atoms with Crippen molar-refractivity contribution < 1.29 is 8.50 Å². The highest BCUT2D eigenvalue weighted by molar-refractivity contribution is 5.25. The highest BCUT2D eigenvalue weighted by atomic mass is 19.1. The largest absolute Gasteiger partial charge is 0.384 e. The van der Waals surface area contributed by atoms with Crippen LogP contribution in [0, 0.1) is 5.95 Å². The second-order valence-corrected chi connectivity index (χ2v) is 1.16. The average molecular weight is 115 g/mol. The standard InChI is InChI=1S/C5H5FN2/c6-4-2-1-3-5(7)8-4/h1-3H,(H2,7,8)/i1D,2D,3D. The van der Waals surface area contributed by atoms with E-state index < -0.39 is 24.1 Å². The number of pyridine rings is 1. The molecule has 0 aliphatic rings. The molecule has 0 radical (unpaired) electrons. The molecular weight excluding hydrogens is 107 g/mol. The second-order valence-electron chi connectivity index (χ2n) is 1.16. The van der Waals surface area contributed by atoms with E-state index in [9.17, 15) is 4.39 Å². The Labute approximate surface area is 50.4 Å². The maximum atomic E-state index is 12.4. The van der Waals surface area contributed by atoms with Crippen LogP contribution in [0.2, 0.25) is 0 Å². The van der Waals surface area contributed by atoms with Crippen LogP contribution in [0.15, 0.2) is 18.1 Å². The smallest absolute Gasteiger partial charge is 0.214 e. The lowest BCUT2D eigenvalue weighted by Gasteiger charge is -1.87. The Balaban J connectivity index is 3.46. The SMILES string of the molecule is [2H]c1c(N)nc(F)c([2H])c1[2H]. The van der Waals surface area contributed by atoms with Crippen LogP contribution in [0.1, 0.15) is 4.11 Å². The van der Waals surface area contributed by atoms with Gasteiger partial charge in [-0.25, -0.2) is 4.98 Å². The molecule has 0 fully saturated rings. The van der Waals surface area contributed by atoms with Gasteiger partial charge in [0, 0.05) is 0 Å². The number of halogens is 1. The second kappa shape index (κ2) is 1.78. The Hall–Kier alpha value is -1.12. The van der Waals surface area contributed by atoms with E-state index in [4.69, 9.17) is 9.85 Å². The molecule has 1 rings (SSSR count). The minimum absolute atomic E-state index is 0.358. The van der Waals surface area contributed by atoms with E-state index in [2.05, 4.69) is 4.98 Å². The normalized spacial score (nSPS) is 14.4. The molecule has 8 heavy (non-hydrogen) atoms. The van der Waals surface area contributed by atoms with Gasteiger partial charge in [0.25, 0.3) is 0 Å². The van der Waals surface area contributed by atoms with Gasteiger partial charge in [-0.1, -0.05) is 6.04 Å². The monoisotopic (exact) mass is 115 g/mol. The Morgan fingerprint density at radius 1 is 1.75 bits per heavy atom. The van der Waals surface area contributed by atoms with Gasteiger partial charge >= 0.3 is 0 Å². The third-order valence-corrected chi connectivity index (χ3v) is 0.575. The van der Waals surface area contributed by atoms with Gasteiger partial charge in [-0.2, -0.15) is 4.39 Å². The summed E-state index contributed by atoms with van der Waals surface area (Å²) in [4.78, 5) is 3.05. The van der Waals surface area contributed by atoms with Gasteiger partial charge < -0.3 is 5.73 Å². The fraction of sp³-hybridized carbons (Fsp3) is 0. The predicted molar refractivity (Wildman–Crippen MR) is 28.6 cm³/mol. The quantitative estimate of drug-likeness (QED) is 0.508. The number of hydrogen-bond donors (Lipinski definition) is 1. The summed E-state index contributed by atoms with van der Waals surface area (Å²) < 4.78 is 33.3. The van der Waals surface area contributed by atoms with E-state index in [-0.39, 0.29) is 5.82 Å². The van der Waals surface area contributed by atoms with Crippen LogP contribution in [0.4, 0.5) is 10.2 Å². The summed E-state index contributed by atoms with van der Waals surface area (Å²) >= 11 is 0. The first-order valence-corrected chi connectivity index (χ1v) is 1.92. The van der Waals surface area contributed by atoms with Crippen LogP contribution in [-0.4, -0.2) is 4.98 Å². The Bertz CT molecular complexity index is 276. The van der Waals surface area contributed by atoms with Crippen molar-refractivity contribution in [1.29, 1.82) is 0 Å². The molecule has 1 aromatic rings. The van der Waals surface area contributed by atoms with Gasteiger partial charge in [-0.3, -0.25) is 0 Å². The summed E-state index contributed by atoms with van der Waals surface area (Å²) in [6.07, 6.45) is 0. The Morgan fingerprint density at radius 3 is 3.25 bits per heavy atom. The number of nitrogens with two attached hydrogens (primary N) is 1. The van der Waals surface area contributed by atoms with Crippen LogP contribution in [-0.2, 0) is 0 Å². The van der Waals surface area contributed by atoms with E-state index >= 15 is 0 Å².